The average Bonchev–Trinajstić information content (AvgIpc) is 3.35. The zero-order valence-electron chi connectivity index (χ0n) is 30.0. The summed E-state index contributed by atoms with van der Waals surface area (Å²) < 4.78 is 6.97. The van der Waals surface area contributed by atoms with Crippen molar-refractivity contribution in [1.82, 2.24) is 24.5 Å². The van der Waals surface area contributed by atoms with E-state index in [1.807, 2.05) is 0 Å². The van der Waals surface area contributed by atoms with Gasteiger partial charge in [0.1, 0.15) is 12.9 Å². The van der Waals surface area contributed by atoms with E-state index in [-0.39, 0.29) is 5.54 Å². The van der Waals surface area contributed by atoms with Gasteiger partial charge in [0, 0.05) is 79.1 Å². The second kappa shape index (κ2) is 16.4. The van der Waals surface area contributed by atoms with Crippen LogP contribution in [0.5, 0.6) is 0 Å². The van der Waals surface area contributed by atoms with E-state index in [9.17, 15) is 4.79 Å². The van der Waals surface area contributed by atoms with Gasteiger partial charge in [-0.3, -0.25) is 19.2 Å². The number of benzene rings is 1. The van der Waals surface area contributed by atoms with Crippen LogP contribution < -0.4 is 10.6 Å². The third-order valence-corrected chi connectivity index (χ3v) is 11.3. The highest BCUT2D eigenvalue weighted by molar-refractivity contribution is 6.44. The molecule has 1 saturated carbocycles. The van der Waals surface area contributed by atoms with Gasteiger partial charge in [-0.15, -0.1) is 0 Å². The maximum Gasteiger partial charge on any atom is 0.293 e. The van der Waals surface area contributed by atoms with Gasteiger partial charge >= 0.3 is 0 Å². The number of nitrogens with one attached hydrogen (secondary N) is 1. The molecule has 4 heterocycles. The smallest absolute Gasteiger partial charge is 0.293 e. The Morgan fingerprint density at radius 1 is 1.08 bits per heavy atom. The van der Waals surface area contributed by atoms with Crippen LogP contribution in [0.15, 0.2) is 18.7 Å². The van der Waals surface area contributed by atoms with Gasteiger partial charge in [0.15, 0.2) is 5.82 Å². The van der Waals surface area contributed by atoms with E-state index in [1.54, 1.807) is 6.07 Å². The molecule has 4 fully saturated rings. The van der Waals surface area contributed by atoms with Crippen LogP contribution in [0.25, 0.3) is 11.1 Å². The number of carbonyl (C=O) groups excluding carboxylic acids is 2. The van der Waals surface area contributed by atoms with Crippen LogP contribution >= 0.6 is 23.2 Å². The summed E-state index contributed by atoms with van der Waals surface area (Å²) in [5.74, 6) is 0.940. The molecule has 0 bridgehead atoms. The number of nitrogens with zero attached hydrogens (tertiary/aromatic N) is 6. The quantitative estimate of drug-likeness (QED) is 0.157. The minimum Gasteiger partial charge on any atom is -0.466 e. The van der Waals surface area contributed by atoms with Crippen LogP contribution in [0.2, 0.25) is 10.0 Å². The van der Waals surface area contributed by atoms with E-state index in [1.165, 1.54) is 31.8 Å². The van der Waals surface area contributed by atoms with E-state index in [4.69, 9.17) is 49.0 Å². The third-order valence-electron chi connectivity index (χ3n) is 10.6. The van der Waals surface area contributed by atoms with Crippen molar-refractivity contribution >= 4 is 53.7 Å². The molecule has 1 aromatic heterocycles. The minimum absolute atomic E-state index is 0.0163. The Labute approximate surface area is 301 Å². The molecular formula is C36H54Cl2N8O3. The van der Waals surface area contributed by atoms with E-state index in [0.29, 0.717) is 58.2 Å². The van der Waals surface area contributed by atoms with Crippen LogP contribution in [-0.2, 0) is 14.3 Å². The number of rotatable bonds is 8. The second-order valence-electron chi connectivity index (χ2n) is 14.8. The molecule has 3 N–H and O–H groups in total. The van der Waals surface area contributed by atoms with Crippen molar-refractivity contribution in [3.63, 3.8) is 0 Å². The Bertz CT molecular complexity index is 1490. The molecule has 3 saturated heterocycles. The SMILES string of the molecule is C=CC=O.CN1CCN(C)C(COC=O)C1.Cc1c(-c2c(Cl)c(Cl)cc(N)c2C=N)c(N2CCCCC2(C)C)nn1C1CC2(C1)CN(C)C2. The average molecular weight is 718 g/mol. The Kier molecular flexibility index (Phi) is 13.0. The van der Waals surface area contributed by atoms with E-state index in [2.05, 4.69) is 72.8 Å². The Morgan fingerprint density at radius 2 is 1.76 bits per heavy atom. The van der Waals surface area contributed by atoms with Gasteiger partial charge < -0.3 is 30.6 Å². The summed E-state index contributed by atoms with van der Waals surface area (Å²) in [7, 11) is 6.34. The number of allylic oxidation sites excluding steroid dienone is 1. The Balaban J connectivity index is 0.000000281. The highest BCUT2D eigenvalue weighted by atomic mass is 35.5. The number of piperazine rings is 1. The molecule has 0 amide bonds. The van der Waals surface area contributed by atoms with Crippen LogP contribution in [0.4, 0.5) is 11.5 Å². The molecule has 2 aromatic rings. The molecule has 1 aromatic carbocycles. The molecule has 0 radical (unpaired) electrons. The summed E-state index contributed by atoms with van der Waals surface area (Å²) in [6.45, 7) is 17.3. The van der Waals surface area contributed by atoms with Crippen LogP contribution in [0.1, 0.15) is 63.3 Å². The van der Waals surface area contributed by atoms with Crippen molar-refractivity contribution in [2.75, 3.05) is 77.7 Å². The molecule has 3 aliphatic heterocycles. The van der Waals surface area contributed by atoms with E-state index in [0.717, 1.165) is 74.5 Å². The van der Waals surface area contributed by atoms with Crippen molar-refractivity contribution in [2.45, 2.75) is 70.5 Å². The van der Waals surface area contributed by atoms with Gasteiger partial charge in [-0.05, 0) is 91.6 Å². The van der Waals surface area contributed by atoms with Crippen LogP contribution in [0.3, 0.4) is 0 Å². The van der Waals surface area contributed by atoms with Gasteiger partial charge in [-0.1, -0.05) is 29.8 Å². The zero-order valence-corrected chi connectivity index (χ0v) is 31.5. The van der Waals surface area contributed by atoms with Crippen molar-refractivity contribution in [3.8, 4) is 11.1 Å². The van der Waals surface area contributed by atoms with Gasteiger partial charge in [0.2, 0.25) is 0 Å². The van der Waals surface area contributed by atoms with Gasteiger partial charge in [0.25, 0.3) is 6.47 Å². The Hall–Kier alpha value is -2.96. The van der Waals surface area contributed by atoms with Gasteiger partial charge in [-0.2, -0.15) is 5.10 Å². The maximum atomic E-state index is 9.98. The third kappa shape index (κ3) is 8.51. The molecule has 1 unspecified atom stereocenters. The number of aldehydes is 1. The summed E-state index contributed by atoms with van der Waals surface area (Å²) in [6, 6.07) is 2.38. The first-order valence-corrected chi connectivity index (χ1v) is 17.8. The summed E-state index contributed by atoms with van der Waals surface area (Å²) in [5, 5.41) is 14.2. The summed E-state index contributed by atoms with van der Waals surface area (Å²) in [5.41, 5.74) is 10.6. The molecular weight excluding hydrogens is 663 g/mol. The maximum absolute atomic E-state index is 9.98. The van der Waals surface area contributed by atoms with E-state index >= 15 is 0 Å². The largest absolute Gasteiger partial charge is 0.466 e. The first-order chi connectivity index (χ1) is 23.2. The predicted molar refractivity (Wildman–Crippen MR) is 200 cm³/mol. The van der Waals surface area contributed by atoms with Crippen LogP contribution in [-0.4, -0.2) is 122 Å². The fourth-order valence-corrected chi connectivity index (χ4v) is 8.42. The van der Waals surface area contributed by atoms with Gasteiger partial charge in [-0.25, -0.2) is 0 Å². The molecule has 1 aliphatic carbocycles. The summed E-state index contributed by atoms with van der Waals surface area (Å²) in [4.78, 5) is 28.3. The lowest BCUT2D eigenvalue weighted by Gasteiger charge is -2.58. The van der Waals surface area contributed by atoms with Gasteiger partial charge in [0.05, 0.1) is 22.1 Å². The molecule has 13 heteroatoms. The summed E-state index contributed by atoms with van der Waals surface area (Å²) in [6.07, 6.45) is 8.90. The number of piperidine rings is 1. The number of carbonyl (C=O) groups is 2. The highest BCUT2D eigenvalue weighted by Crippen LogP contribution is 2.55. The first kappa shape index (κ1) is 38.8. The molecule has 1 spiro atoms. The molecule has 270 valence electrons. The number of likely N-dealkylation sites (tertiary alicyclic amines) is 1. The van der Waals surface area contributed by atoms with Crippen molar-refractivity contribution < 1.29 is 14.3 Å². The number of halogens is 2. The predicted octanol–water partition coefficient (Wildman–Crippen LogP) is 5.56. The molecule has 6 rings (SSSR count). The molecule has 1 atom stereocenters. The van der Waals surface area contributed by atoms with Crippen molar-refractivity contribution in [3.05, 3.63) is 40.0 Å². The number of ether oxygens (including phenoxy) is 1. The second-order valence-corrected chi connectivity index (χ2v) is 15.6. The molecule has 49 heavy (non-hydrogen) atoms. The zero-order chi connectivity index (χ0) is 36.1. The standard InChI is InChI=1S/C25H34Cl2N6.C8H16N2O2.C3H4O/c1-15-20(21-17(12-28)19(29)9-18(26)22(21)27)23(32-8-6-5-7-24(32,2)3)30-33(15)16-10-25(11-16)13-31(4)14-25;1-9-3-4-10(2)8(5-9)6-12-7-11;1-2-3-4/h9,12,16,28H,5-8,10-11,13-14,29H2,1-4H3;7-8H,3-6H2,1-2H3;2-3H,1H2. The fourth-order valence-electron chi connectivity index (χ4n) is 7.96. The molecule has 11 nitrogen and oxygen atoms in total. The lowest BCUT2D eigenvalue weighted by atomic mass is 9.61. The number of nitrogen functional groups attached to an aromatic ring is 1. The fraction of sp³-hybridized carbons (Fsp3) is 0.611. The number of likely N-dealkylation sites (N-methyl/N-ethyl adjacent to an activating group) is 2. The monoisotopic (exact) mass is 716 g/mol. The normalized spacial score (nSPS) is 22.0. The van der Waals surface area contributed by atoms with Crippen molar-refractivity contribution in [2.24, 2.45) is 5.41 Å². The highest BCUT2D eigenvalue weighted by Gasteiger charge is 2.52. The number of hydrogen-bond acceptors (Lipinski definition) is 10. The minimum atomic E-state index is -0.0163. The molecule has 4 aliphatic rings. The number of nitrogens with two attached hydrogens (primary N) is 1. The number of hydrogen-bond donors (Lipinski definition) is 2. The number of anilines is 2. The first-order valence-electron chi connectivity index (χ1n) is 17.1. The van der Waals surface area contributed by atoms with Crippen molar-refractivity contribution in [1.29, 1.82) is 5.41 Å². The summed E-state index contributed by atoms with van der Waals surface area (Å²) >= 11 is 13.3. The van der Waals surface area contributed by atoms with E-state index < -0.39 is 0 Å². The van der Waals surface area contributed by atoms with Crippen LogP contribution in [0, 0.1) is 17.7 Å². The lowest BCUT2D eigenvalue weighted by Crippen LogP contribution is -2.60. The topological polar surface area (TPSA) is 124 Å². The lowest BCUT2D eigenvalue weighted by molar-refractivity contribution is -0.130. The Morgan fingerprint density at radius 3 is 2.33 bits per heavy atom. The number of aromatic nitrogens is 2.